The first-order valence-electron chi connectivity index (χ1n) is 5.36. The SMILES string of the molecule is C=CCCC(NCCC)c1ccoc1Br. The lowest BCUT2D eigenvalue weighted by Crippen LogP contribution is -2.21. The van der Waals surface area contributed by atoms with Gasteiger partial charge in [0.15, 0.2) is 4.67 Å². The van der Waals surface area contributed by atoms with Crippen LogP contribution in [0.15, 0.2) is 34.1 Å². The van der Waals surface area contributed by atoms with Gasteiger partial charge in [-0.1, -0.05) is 13.0 Å². The summed E-state index contributed by atoms with van der Waals surface area (Å²) in [5, 5.41) is 3.51. The van der Waals surface area contributed by atoms with Gasteiger partial charge in [0.25, 0.3) is 0 Å². The van der Waals surface area contributed by atoms with Gasteiger partial charge in [-0.2, -0.15) is 0 Å². The molecule has 2 nitrogen and oxygen atoms in total. The second-order valence-electron chi connectivity index (χ2n) is 3.52. The summed E-state index contributed by atoms with van der Waals surface area (Å²) in [7, 11) is 0. The molecular formula is C12H18BrNO. The Bertz CT molecular complexity index is 296. The van der Waals surface area contributed by atoms with E-state index in [1.165, 1.54) is 5.56 Å². The van der Waals surface area contributed by atoms with Gasteiger partial charge in [0.1, 0.15) is 0 Å². The third kappa shape index (κ3) is 3.84. The van der Waals surface area contributed by atoms with Crippen LogP contribution >= 0.6 is 15.9 Å². The molecule has 0 amide bonds. The van der Waals surface area contributed by atoms with Crippen molar-refractivity contribution >= 4 is 15.9 Å². The maximum atomic E-state index is 5.26. The van der Waals surface area contributed by atoms with Gasteiger partial charge in [0.2, 0.25) is 0 Å². The van der Waals surface area contributed by atoms with Crippen molar-refractivity contribution in [3.05, 3.63) is 35.2 Å². The van der Waals surface area contributed by atoms with E-state index in [0.29, 0.717) is 6.04 Å². The van der Waals surface area contributed by atoms with E-state index in [1.807, 2.05) is 12.1 Å². The highest BCUT2D eigenvalue weighted by molar-refractivity contribution is 9.10. The van der Waals surface area contributed by atoms with Crippen molar-refractivity contribution in [3.63, 3.8) is 0 Å². The molecule has 0 bridgehead atoms. The van der Waals surface area contributed by atoms with Crippen LogP contribution in [0.2, 0.25) is 0 Å². The number of furan rings is 1. The number of rotatable bonds is 7. The van der Waals surface area contributed by atoms with E-state index in [-0.39, 0.29) is 0 Å². The van der Waals surface area contributed by atoms with Gasteiger partial charge in [-0.3, -0.25) is 0 Å². The lowest BCUT2D eigenvalue weighted by molar-refractivity contribution is 0.481. The third-order valence-electron chi connectivity index (χ3n) is 2.32. The fourth-order valence-corrected chi connectivity index (χ4v) is 2.04. The summed E-state index contributed by atoms with van der Waals surface area (Å²) >= 11 is 3.42. The first kappa shape index (κ1) is 12.5. The minimum atomic E-state index is 0.357. The van der Waals surface area contributed by atoms with E-state index >= 15 is 0 Å². The van der Waals surface area contributed by atoms with Crippen molar-refractivity contribution in [3.8, 4) is 0 Å². The number of hydrogen-bond donors (Lipinski definition) is 1. The highest BCUT2D eigenvalue weighted by Gasteiger charge is 2.14. The zero-order chi connectivity index (χ0) is 11.1. The largest absolute Gasteiger partial charge is 0.457 e. The lowest BCUT2D eigenvalue weighted by Gasteiger charge is -2.16. The Morgan fingerprint density at radius 3 is 3.00 bits per heavy atom. The highest BCUT2D eigenvalue weighted by atomic mass is 79.9. The predicted molar refractivity (Wildman–Crippen MR) is 66.9 cm³/mol. The molecule has 0 fully saturated rings. The second kappa shape index (κ2) is 6.85. The zero-order valence-electron chi connectivity index (χ0n) is 9.13. The average Bonchev–Trinajstić information content (AvgIpc) is 2.65. The molecule has 15 heavy (non-hydrogen) atoms. The van der Waals surface area contributed by atoms with E-state index in [9.17, 15) is 0 Å². The number of nitrogens with one attached hydrogen (secondary N) is 1. The molecule has 1 heterocycles. The van der Waals surface area contributed by atoms with Gasteiger partial charge >= 0.3 is 0 Å². The first-order valence-corrected chi connectivity index (χ1v) is 6.16. The topological polar surface area (TPSA) is 25.2 Å². The summed E-state index contributed by atoms with van der Waals surface area (Å²) in [5.74, 6) is 0. The summed E-state index contributed by atoms with van der Waals surface area (Å²) in [6.07, 6.45) is 6.88. The van der Waals surface area contributed by atoms with Crippen LogP contribution in [0.1, 0.15) is 37.8 Å². The molecule has 0 spiro atoms. The van der Waals surface area contributed by atoms with Crippen molar-refractivity contribution < 1.29 is 4.42 Å². The molecule has 1 aromatic heterocycles. The Hall–Kier alpha value is -0.540. The Morgan fingerprint density at radius 2 is 2.47 bits per heavy atom. The van der Waals surface area contributed by atoms with Crippen LogP contribution in [0, 0.1) is 0 Å². The van der Waals surface area contributed by atoms with Crippen LogP contribution in [0.3, 0.4) is 0 Å². The van der Waals surface area contributed by atoms with Crippen LogP contribution in [0.25, 0.3) is 0 Å². The standard InChI is InChI=1S/C12H18BrNO/c1-3-5-6-11(14-8-4-2)10-7-9-15-12(10)13/h3,7,9,11,14H,1,4-6,8H2,2H3. The van der Waals surface area contributed by atoms with E-state index in [1.54, 1.807) is 6.26 Å². The van der Waals surface area contributed by atoms with Crippen molar-refractivity contribution in [2.45, 2.75) is 32.2 Å². The molecule has 0 aliphatic carbocycles. The molecule has 1 rings (SSSR count). The Labute approximate surface area is 99.9 Å². The molecule has 3 heteroatoms. The summed E-state index contributed by atoms with van der Waals surface area (Å²) < 4.78 is 6.09. The van der Waals surface area contributed by atoms with Crippen LogP contribution in [0.4, 0.5) is 0 Å². The van der Waals surface area contributed by atoms with Crippen molar-refractivity contribution in [2.75, 3.05) is 6.54 Å². The van der Waals surface area contributed by atoms with E-state index in [4.69, 9.17) is 4.42 Å². The van der Waals surface area contributed by atoms with E-state index in [0.717, 1.165) is 30.5 Å². The van der Waals surface area contributed by atoms with Crippen LogP contribution < -0.4 is 5.32 Å². The highest BCUT2D eigenvalue weighted by Crippen LogP contribution is 2.27. The molecule has 0 aliphatic rings. The van der Waals surface area contributed by atoms with Crippen LogP contribution in [0.5, 0.6) is 0 Å². The fraction of sp³-hybridized carbons (Fsp3) is 0.500. The minimum Gasteiger partial charge on any atom is -0.457 e. The predicted octanol–water partition coefficient (Wildman–Crippen LogP) is 4.05. The monoisotopic (exact) mass is 271 g/mol. The van der Waals surface area contributed by atoms with Crippen LogP contribution in [-0.2, 0) is 0 Å². The Balaban J connectivity index is 2.62. The van der Waals surface area contributed by atoms with Gasteiger partial charge in [-0.05, 0) is 47.8 Å². The molecule has 0 radical (unpaired) electrons. The van der Waals surface area contributed by atoms with Crippen molar-refractivity contribution in [2.24, 2.45) is 0 Å². The van der Waals surface area contributed by atoms with Gasteiger partial charge < -0.3 is 9.73 Å². The van der Waals surface area contributed by atoms with Gasteiger partial charge in [-0.15, -0.1) is 6.58 Å². The molecule has 0 aliphatic heterocycles. The summed E-state index contributed by atoms with van der Waals surface area (Å²) in [5.41, 5.74) is 1.20. The van der Waals surface area contributed by atoms with Crippen molar-refractivity contribution in [1.29, 1.82) is 0 Å². The second-order valence-corrected chi connectivity index (χ2v) is 4.24. The molecule has 1 atom stereocenters. The average molecular weight is 272 g/mol. The summed E-state index contributed by atoms with van der Waals surface area (Å²) in [6, 6.07) is 2.37. The normalized spacial score (nSPS) is 12.7. The molecule has 0 aromatic carbocycles. The lowest BCUT2D eigenvalue weighted by atomic mass is 10.1. The summed E-state index contributed by atoms with van der Waals surface area (Å²) in [6.45, 7) is 6.95. The number of hydrogen-bond acceptors (Lipinski definition) is 2. The quantitative estimate of drug-likeness (QED) is 0.757. The van der Waals surface area contributed by atoms with Gasteiger partial charge in [0.05, 0.1) is 6.26 Å². The van der Waals surface area contributed by atoms with Crippen LogP contribution in [-0.4, -0.2) is 6.54 Å². The van der Waals surface area contributed by atoms with Gasteiger partial charge in [0, 0.05) is 11.6 Å². The zero-order valence-corrected chi connectivity index (χ0v) is 10.7. The Morgan fingerprint density at radius 1 is 1.67 bits per heavy atom. The smallest absolute Gasteiger partial charge is 0.173 e. The molecule has 0 saturated heterocycles. The summed E-state index contributed by atoms with van der Waals surface area (Å²) in [4.78, 5) is 0. The van der Waals surface area contributed by atoms with E-state index in [2.05, 4.69) is 34.7 Å². The van der Waals surface area contributed by atoms with E-state index < -0.39 is 0 Å². The van der Waals surface area contributed by atoms with Crippen molar-refractivity contribution in [1.82, 2.24) is 5.32 Å². The minimum absolute atomic E-state index is 0.357. The maximum Gasteiger partial charge on any atom is 0.173 e. The first-order chi connectivity index (χ1) is 7.29. The van der Waals surface area contributed by atoms with Gasteiger partial charge in [-0.25, -0.2) is 0 Å². The number of halogens is 1. The molecule has 1 unspecified atom stereocenters. The molecule has 1 aromatic rings. The molecule has 0 saturated carbocycles. The fourth-order valence-electron chi connectivity index (χ4n) is 1.52. The Kier molecular flexibility index (Phi) is 5.73. The molecule has 84 valence electrons. The molecule has 1 N–H and O–H groups in total. The number of allylic oxidation sites excluding steroid dienone is 1. The maximum absolute atomic E-state index is 5.26. The molecular weight excluding hydrogens is 254 g/mol. The third-order valence-corrected chi connectivity index (χ3v) is 2.97.